The summed E-state index contributed by atoms with van der Waals surface area (Å²) in [5.74, 6) is -0.574. The zero-order valence-corrected chi connectivity index (χ0v) is 19.7. The predicted octanol–water partition coefficient (Wildman–Crippen LogP) is 2.22. The van der Waals surface area contributed by atoms with Gasteiger partial charge in [-0.25, -0.2) is 13.4 Å². The highest BCUT2D eigenvalue weighted by Gasteiger charge is 2.28. The average molecular weight is 493 g/mol. The summed E-state index contributed by atoms with van der Waals surface area (Å²) in [5, 5.41) is 0. The molecule has 0 bridgehead atoms. The van der Waals surface area contributed by atoms with Crippen LogP contribution in [0.15, 0.2) is 87.2 Å². The van der Waals surface area contributed by atoms with Gasteiger partial charge in [-0.05, 0) is 30.3 Å². The Morgan fingerprint density at radius 3 is 2.49 bits per heavy atom. The lowest BCUT2D eigenvalue weighted by Crippen LogP contribution is -2.48. The van der Waals surface area contributed by atoms with Crippen LogP contribution in [0.4, 0.5) is 0 Å². The molecule has 9 nitrogen and oxygen atoms in total. The van der Waals surface area contributed by atoms with E-state index in [-0.39, 0.29) is 27.9 Å². The lowest BCUT2D eigenvalue weighted by molar-refractivity contribution is 0.0595. The van der Waals surface area contributed by atoms with Gasteiger partial charge >= 0.3 is 0 Å². The number of pyridine rings is 1. The summed E-state index contributed by atoms with van der Waals surface area (Å²) in [6.45, 7) is 2.61. The quantitative estimate of drug-likeness (QED) is 0.406. The smallest absolute Gasteiger partial charge is 0.289 e. The van der Waals surface area contributed by atoms with Crippen molar-refractivity contribution in [1.29, 1.82) is 0 Å². The maximum atomic E-state index is 13.1. The van der Waals surface area contributed by atoms with Crippen molar-refractivity contribution < 1.29 is 17.6 Å². The largest absolute Gasteiger partial charge is 0.459 e. The fourth-order valence-electron chi connectivity index (χ4n) is 4.22. The van der Waals surface area contributed by atoms with Gasteiger partial charge in [0.15, 0.2) is 15.6 Å². The van der Waals surface area contributed by atoms with Crippen molar-refractivity contribution in [2.45, 2.75) is 17.2 Å². The molecule has 0 spiro atoms. The fraction of sp³-hybridized carbons (Fsp3) is 0.240. The Morgan fingerprint density at radius 1 is 0.971 bits per heavy atom. The number of benzene rings is 1. The zero-order chi connectivity index (χ0) is 24.4. The summed E-state index contributed by atoms with van der Waals surface area (Å²) in [6, 6.07) is 16.6. The van der Waals surface area contributed by atoms with Gasteiger partial charge in [0, 0.05) is 50.6 Å². The van der Waals surface area contributed by atoms with Crippen LogP contribution in [-0.4, -0.2) is 59.7 Å². The van der Waals surface area contributed by atoms with Gasteiger partial charge in [0.1, 0.15) is 5.65 Å². The molecule has 1 aromatic carbocycles. The number of sulfone groups is 1. The first kappa shape index (κ1) is 23.0. The second-order valence-electron chi connectivity index (χ2n) is 8.43. The first-order chi connectivity index (χ1) is 16.9. The first-order valence-corrected chi connectivity index (χ1v) is 12.9. The van der Waals surface area contributed by atoms with Crippen molar-refractivity contribution >= 4 is 21.4 Å². The predicted molar refractivity (Wildman–Crippen MR) is 129 cm³/mol. The van der Waals surface area contributed by atoms with E-state index in [1.54, 1.807) is 41.4 Å². The van der Waals surface area contributed by atoms with E-state index >= 15 is 0 Å². The number of rotatable bonds is 6. The van der Waals surface area contributed by atoms with Crippen LogP contribution in [0.25, 0.3) is 5.65 Å². The van der Waals surface area contributed by atoms with Crippen molar-refractivity contribution in [3.05, 3.63) is 100 Å². The Labute approximate surface area is 202 Å². The standard InChI is InChI=1S/C25H24N4O5S/c30-23-16-20(26-22-8-4-5-10-29(22)23)17-27-11-13-28(14-12-27)25(31)24-19(9-15-34-24)18-35(32,33)21-6-2-1-3-7-21/h1-10,15-16H,11-14,17-18H2. The Morgan fingerprint density at radius 2 is 1.71 bits per heavy atom. The normalized spacial score (nSPS) is 14.9. The molecule has 1 amide bonds. The minimum atomic E-state index is -3.61. The number of hydrogen-bond donors (Lipinski definition) is 0. The van der Waals surface area contributed by atoms with Crippen molar-refractivity contribution in [3.63, 3.8) is 0 Å². The van der Waals surface area contributed by atoms with E-state index in [0.717, 1.165) is 0 Å². The highest BCUT2D eigenvalue weighted by atomic mass is 32.2. The summed E-state index contributed by atoms with van der Waals surface area (Å²) >= 11 is 0. The Balaban J connectivity index is 1.23. The van der Waals surface area contributed by atoms with Crippen molar-refractivity contribution in [2.24, 2.45) is 0 Å². The summed E-state index contributed by atoms with van der Waals surface area (Å²) < 4.78 is 32.5. The number of fused-ring (bicyclic) bond motifs is 1. The van der Waals surface area contributed by atoms with Gasteiger partial charge in [0.25, 0.3) is 11.5 Å². The Hall–Kier alpha value is -3.76. The Kier molecular flexibility index (Phi) is 6.23. The number of carbonyl (C=O) groups excluding carboxylic acids is 1. The maximum absolute atomic E-state index is 13.1. The molecule has 1 saturated heterocycles. The lowest BCUT2D eigenvalue weighted by Gasteiger charge is -2.34. The molecular formula is C25H24N4O5S. The lowest BCUT2D eigenvalue weighted by atomic mass is 10.2. The van der Waals surface area contributed by atoms with Crippen molar-refractivity contribution in [1.82, 2.24) is 19.2 Å². The van der Waals surface area contributed by atoms with Gasteiger partial charge in [0.05, 0.1) is 22.6 Å². The number of nitrogens with zero attached hydrogens (tertiary/aromatic N) is 4. The van der Waals surface area contributed by atoms with Gasteiger partial charge in [-0.2, -0.15) is 0 Å². The summed E-state index contributed by atoms with van der Waals surface area (Å²) in [5.41, 5.74) is 1.50. The number of hydrogen-bond acceptors (Lipinski definition) is 7. The average Bonchev–Trinajstić information content (AvgIpc) is 3.32. The molecule has 0 aliphatic carbocycles. The SMILES string of the molecule is O=C(c1occc1CS(=O)(=O)c1ccccc1)N1CCN(Cc2cc(=O)n3ccccc3n2)CC1. The molecule has 0 unspecified atom stereocenters. The molecule has 1 fully saturated rings. The molecule has 0 radical (unpaired) electrons. The molecular weight excluding hydrogens is 468 g/mol. The van der Waals surface area contributed by atoms with Crippen molar-refractivity contribution in [3.8, 4) is 0 Å². The van der Waals surface area contributed by atoms with Crippen LogP contribution in [0, 0.1) is 0 Å². The van der Waals surface area contributed by atoms with Gasteiger partial charge in [0.2, 0.25) is 0 Å². The second-order valence-corrected chi connectivity index (χ2v) is 10.4. The number of piperazine rings is 1. The van der Waals surface area contributed by atoms with Crippen LogP contribution in [0.5, 0.6) is 0 Å². The third kappa shape index (κ3) is 4.89. The summed E-state index contributed by atoms with van der Waals surface area (Å²) in [4.78, 5) is 34.0. The molecule has 0 N–H and O–H groups in total. The minimum absolute atomic E-state index is 0.0576. The van der Waals surface area contributed by atoms with Crippen LogP contribution in [0.2, 0.25) is 0 Å². The summed E-state index contributed by atoms with van der Waals surface area (Å²) in [7, 11) is -3.61. The van der Waals surface area contributed by atoms with E-state index in [9.17, 15) is 18.0 Å². The Bertz CT molecular complexity index is 1520. The third-order valence-electron chi connectivity index (χ3n) is 6.06. The molecule has 3 aromatic heterocycles. The minimum Gasteiger partial charge on any atom is -0.459 e. The maximum Gasteiger partial charge on any atom is 0.289 e. The molecule has 35 heavy (non-hydrogen) atoms. The van der Waals surface area contributed by atoms with Gasteiger partial charge < -0.3 is 9.32 Å². The van der Waals surface area contributed by atoms with E-state index in [1.165, 1.54) is 34.9 Å². The molecule has 4 heterocycles. The molecule has 0 atom stereocenters. The van der Waals surface area contributed by atoms with Gasteiger partial charge in [-0.15, -0.1) is 0 Å². The molecule has 10 heteroatoms. The zero-order valence-electron chi connectivity index (χ0n) is 18.9. The van der Waals surface area contributed by atoms with Gasteiger partial charge in [-0.1, -0.05) is 24.3 Å². The van der Waals surface area contributed by atoms with Crippen LogP contribution in [0.3, 0.4) is 0 Å². The van der Waals surface area contributed by atoms with Crippen LogP contribution >= 0.6 is 0 Å². The van der Waals surface area contributed by atoms with E-state index in [1.807, 2.05) is 6.07 Å². The first-order valence-electron chi connectivity index (χ1n) is 11.2. The number of furan rings is 1. The molecule has 1 aliphatic heterocycles. The van der Waals surface area contributed by atoms with Crippen LogP contribution in [-0.2, 0) is 22.1 Å². The third-order valence-corrected chi connectivity index (χ3v) is 7.74. The topological polar surface area (TPSA) is 105 Å². The summed E-state index contributed by atoms with van der Waals surface area (Å²) in [6.07, 6.45) is 3.04. The molecule has 5 rings (SSSR count). The molecule has 180 valence electrons. The van der Waals surface area contributed by atoms with Crippen LogP contribution in [0.1, 0.15) is 21.8 Å². The molecule has 0 saturated carbocycles. The van der Waals surface area contributed by atoms with Crippen LogP contribution < -0.4 is 5.56 Å². The van der Waals surface area contributed by atoms with E-state index in [4.69, 9.17) is 4.42 Å². The highest BCUT2D eigenvalue weighted by Crippen LogP contribution is 2.22. The second kappa shape index (κ2) is 9.47. The molecule has 1 aliphatic rings. The van der Waals surface area contributed by atoms with E-state index in [0.29, 0.717) is 49.6 Å². The van der Waals surface area contributed by atoms with Gasteiger partial charge in [-0.3, -0.25) is 18.9 Å². The fourth-order valence-corrected chi connectivity index (χ4v) is 5.59. The number of carbonyl (C=O) groups is 1. The van der Waals surface area contributed by atoms with E-state index < -0.39 is 9.84 Å². The number of aromatic nitrogens is 2. The monoisotopic (exact) mass is 492 g/mol. The molecule has 4 aromatic rings. The van der Waals surface area contributed by atoms with E-state index in [2.05, 4.69) is 9.88 Å². The number of amides is 1. The highest BCUT2D eigenvalue weighted by molar-refractivity contribution is 7.90. The van der Waals surface area contributed by atoms with Crippen molar-refractivity contribution in [2.75, 3.05) is 26.2 Å².